The van der Waals surface area contributed by atoms with Crippen LogP contribution in [0.3, 0.4) is 0 Å². The number of rotatable bonds is 7. The first kappa shape index (κ1) is 22.2. The Morgan fingerprint density at radius 3 is 2.18 bits per heavy atom. The fourth-order valence-corrected chi connectivity index (χ4v) is 6.29. The summed E-state index contributed by atoms with van der Waals surface area (Å²) in [4.78, 5) is 25.8. The fourth-order valence-electron chi connectivity index (χ4n) is 5.43. The highest BCUT2D eigenvalue weighted by Crippen LogP contribution is 2.37. The van der Waals surface area contributed by atoms with Crippen molar-refractivity contribution in [1.82, 2.24) is 0 Å². The largest absolute Gasteiger partial charge is 0.509 e. The zero-order valence-corrected chi connectivity index (χ0v) is 19.5. The lowest BCUT2D eigenvalue weighted by Crippen LogP contribution is -2.66. The number of nitrogens with zero attached hydrogens (tertiary/aromatic N) is 1. The van der Waals surface area contributed by atoms with Crippen LogP contribution in [0, 0.1) is 5.92 Å². The summed E-state index contributed by atoms with van der Waals surface area (Å²) in [7, 11) is 0. The molecule has 0 radical (unpaired) electrons. The number of benzene rings is 2. The van der Waals surface area contributed by atoms with Crippen LogP contribution in [-0.4, -0.2) is 54.0 Å². The second-order valence-corrected chi connectivity index (χ2v) is 10.5. The van der Waals surface area contributed by atoms with Gasteiger partial charge in [-0.25, -0.2) is 4.79 Å². The van der Waals surface area contributed by atoms with E-state index >= 15 is 0 Å². The average Bonchev–Trinajstić information content (AvgIpc) is 3.40. The Morgan fingerprint density at radius 1 is 0.970 bits per heavy atom. The number of fused-ring (bicyclic) bond motifs is 3. The normalized spacial score (nSPS) is 28.1. The zero-order valence-electron chi connectivity index (χ0n) is 18.7. The van der Waals surface area contributed by atoms with Crippen LogP contribution in [0.1, 0.15) is 36.5 Å². The summed E-state index contributed by atoms with van der Waals surface area (Å²) in [6.07, 6.45) is 3.54. The molecule has 0 saturated carbocycles. The van der Waals surface area contributed by atoms with Crippen LogP contribution in [0.2, 0.25) is 0 Å². The van der Waals surface area contributed by atoms with Crippen molar-refractivity contribution in [3.8, 4) is 0 Å². The maximum atomic E-state index is 13.0. The van der Waals surface area contributed by atoms with Crippen LogP contribution in [-0.2, 0) is 14.3 Å². The summed E-state index contributed by atoms with van der Waals surface area (Å²) in [5.74, 6) is 0.668. The highest BCUT2D eigenvalue weighted by atomic mass is 32.2. The summed E-state index contributed by atoms with van der Waals surface area (Å²) in [5.41, 5.74) is 1.82. The second kappa shape index (κ2) is 9.74. The van der Waals surface area contributed by atoms with Gasteiger partial charge in [0.25, 0.3) is 0 Å². The van der Waals surface area contributed by atoms with Crippen molar-refractivity contribution in [2.75, 3.05) is 26.2 Å². The molecule has 2 aromatic rings. The zero-order chi connectivity index (χ0) is 22.7. The van der Waals surface area contributed by atoms with E-state index in [2.05, 4.69) is 6.08 Å². The smallest absolute Gasteiger partial charge is 0.425 e. The van der Waals surface area contributed by atoms with Crippen LogP contribution >= 0.6 is 11.8 Å². The summed E-state index contributed by atoms with van der Waals surface area (Å²) < 4.78 is 12.5. The van der Waals surface area contributed by atoms with Crippen molar-refractivity contribution in [2.24, 2.45) is 5.92 Å². The monoisotopic (exact) mass is 464 g/mol. The Balaban J connectivity index is 1.25. The number of ether oxygens (including phenoxy) is 2. The van der Waals surface area contributed by atoms with Crippen molar-refractivity contribution in [1.29, 1.82) is 0 Å². The molecule has 0 spiro atoms. The van der Waals surface area contributed by atoms with Gasteiger partial charge >= 0.3 is 6.16 Å². The molecule has 3 saturated heterocycles. The lowest BCUT2D eigenvalue weighted by atomic mass is 9.83. The molecular formula is C27H30NO4S+. The van der Waals surface area contributed by atoms with E-state index in [-0.39, 0.29) is 11.4 Å². The fraction of sp³-hybridized carbons (Fsp3) is 0.407. The van der Waals surface area contributed by atoms with Crippen LogP contribution in [0.5, 0.6) is 0 Å². The number of Topliss-reactive ketones (excluding diaryl/α,β-unsaturated/α-hetero) is 1. The van der Waals surface area contributed by atoms with Crippen molar-refractivity contribution in [3.05, 3.63) is 83.3 Å². The van der Waals surface area contributed by atoms with E-state index < -0.39 is 12.3 Å². The van der Waals surface area contributed by atoms with Gasteiger partial charge in [0.15, 0.2) is 18.0 Å². The Hall–Kier alpha value is -2.57. The van der Waals surface area contributed by atoms with Crippen molar-refractivity contribution in [3.63, 3.8) is 0 Å². The molecule has 2 bridgehead atoms. The van der Waals surface area contributed by atoms with Crippen LogP contribution in [0.15, 0.2) is 72.1 Å². The summed E-state index contributed by atoms with van der Waals surface area (Å²) in [6.45, 7) is 3.23. The molecule has 4 aliphatic rings. The third-order valence-electron chi connectivity index (χ3n) is 7.25. The molecule has 4 aliphatic heterocycles. The average molecular weight is 465 g/mol. The summed E-state index contributed by atoms with van der Waals surface area (Å²) >= 11 is 1.63. The van der Waals surface area contributed by atoms with E-state index in [1.54, 1.807) is 11.8 Å². The van der Waals surface area contributed by atoms with Crippen LogP contribution in [0.25, 0.3) is 0 Å². The first-order valence-corrected chi connectivity index (χ1v) is 12.7. The molecule has 4 heterocycles. The number of thioether (sulfide) groups is 1. The highest BCUT2D eigenvalue weighted by molar-refractivity contribution is 8.03. The minimum absolute atomic E-state index is 0.0546. The summed E-state index contributed by atoms with van der Waals surface area (Å²) in [6, 6.07) is 19.5. The quantitative estimate of drug-likeness (QED) is 0.420. The predicted molar refractivity (Wildman–Crippen MR) is 129 cm³/mol. The highest BCUT2D eigenvalue weighted by Gasteiger charge is 2.49. The molecule has 1 unspecified atom stereocenters. The third kappa shape index (κ3) is 5.02. The molecule has 0 amide bonds. The van der Waals surface area contributed by atoms with Gasteiger partial charge in [-0.15, -0.1) is 11.8 Å². The third-order valence-corrected chi connectivity index (χ3v) is 8.38. The van der Waals surface area contributed by atoms with Crippen molar-refractivity contribution >= 4 is 23.7 Å². The lowest BCUT2D eigenvalue weighted by molar-refractivity contribution is -0.939. The second-order valence-electron chi connectivity index (χ2n) is 9.39. The predicted octanol–water partition coefficient (Wildman–Crippen LogP) is 5.13. The number of carbonyl (C=O) groups excluding carboxylic acids is 2. The minimum Gasteiger partial charge on any atom is -0.425 e. The Morgan fingerprint density at radius 2 is 1.61 bits per heavy atom. The maximum Gasteiger partial charge on any atom is 0.509 e. The molecule has 0 aromatic heterocycles. The molecule has 3 fully saturated rings. The van der Waals surface area contributed by atoms with E-state index in [0.29, 0.717) is 24.8 Å². The molecule has 5 nitrogen and oxygen atoms in total. The molecule has 6 heteroatoms. The molecule has 33 heavy (non-hydrogen) atoms. The van der Waals surface area contributed by atoms with E-state index in [0.717, 1.165) is 48.0 Å². The number of allylic oxidation sites excluding steroid dienone is 1. The molecular weight excluding hydrogens is 434 g/mol. The first-order chi connectivity index (χ1) is 16.1. The van der Waals surface area contributed by atoms with E-state index in [9.17, 15) is 9.59 Å². The first-order valence-electron chi connectivity index (χ1n) is 11.8. The Labute approximate surface area is 199 Å². The Bertz CT molecular complexity index is 954. The molecule has 0 N–H and O–H groups in total. The van der Waals surface area contributed by atoms with Gasteiger partial charge in [-0.1, -0.05) is 66.7 Å². The topological polar surface area (TPSA) is 52.6 Å². The maximum absolute atomic E-state index is 13.0. The number of ketones is 1. The van der Waals surface area contributed by atoms with Crippen LogP contribution < -0.4 is 0 Å². The molecule has 2 aromatic carbocycles. The van der Waals surface area contributed by atoms with E-state index in [1.165, 1.54) is 0 Å². The van der Waals surface area contributed by atoms with Crippen molar-refractivity contribution in [2.45, 2.75) is 36.7 Å². The summed E-state index contributed by atoms with van der Waals surface area (Å²) in [5, 5.41) is 2.09. The lowest BCUT2D eigenvalue weighted by Gasteiger charge is -2.51. The Kier molecular flexibility index (Phi) is 6.56. The number of hydrogen-bond donors (Lipinski definition) is 0. The molecule has 2 atom stereocenters. The van der Waals surface area contributed by atoms with E-state index in [1.807, 2.05) is 66.1 Å². The number of quaternary nitrogens is 1. The molecule has 0 aliphatic carbocycles. The van der Waals surface area contributed by atoms with Gasteiger partial charge in [0.1, 0.15) is 13.1 Å². The van der Waals surface area contributed by atoms with Crippen LogP contribution in [0.4, 0.5) is 4.79 Å². The van der Waals surface area contributed by atoms with E-state index in [4.69, 9.17) is 9.47 Å². The van der Waals surface area contributed by atoms with Crippen molar-refractivity contribution < 1.29 is 23.5 Å². The van der Waals surface area contributed by atoms with Gasteiger partial charge in [-0.2, -0.15) is 0 Å². The van der Waals surface area contributed by atoms with Gasteiger partial charge in [0.2, 0.25) is 0 Å². The van der Waals surface area contributed by atoms with Gasteiger partial charge in [0.05, 0.1) is 18.3 Å². The van der Waals surface area contributed by atoms with Gasteiger partial charge < -0.3 is 14.0 Å². The standard InChI is InChI=1S/C27H30NO4S/c29-23(25-12-7-17-33-25)18-28-15-13-20(14-16-28)24(19-28)31-27(30)32-26(21-8-3-1-4-9-21)22-10-5-2-6-11-22/h1-11,17,20,24-26H,12-16,18-19H2/q+1/t20?,24-,25?,28?/m0/s1. The molecule has 172 valence electrons. The van der Waals surface area contributed by atoms with Gasteiger partial charge in [-0.3, -0.25) is 4.79 Å². The SMILES string of the molecule is O=C(OC(c1ccccc1)c1ccccc1)O[C@H]1C[N+]2(CC(=O)C3CC=CS3)CCC1CC2. The molecule has 6 rings (SSSR count). The number of carbonyl (C=O) groups is 2. The van der Waals surface area contributed by atoms with Gasteiger partial charge in [-0.05, 0) is 23.0 Å². The number of hydrogen-bond acceptors (Lipinski definition) is 5. The minimum atomic E-state index is -0.633. The number of piperidine rings is 3. The van der Waals surface area contributed by atoms with Gasteiger partial charge in [0, 0.05) is 18.8 Å².